The smallest absolute Gasteiger partial charge is 0.266 e. The van der Waals surface area contributed by atoms with Gasteiger partial charge in [0.05, 0.1) is 18.3 Å². The van der Waals surface area contributed by atoms with E-state index in [0.717, 1.165) is 0 Å². The van der Waals surface area contributed by atoms with Gasteiger partial charge in [-0.25, -0.2) is 4.98 Å². The fourth-order valence-electron chi connectivity index (χ4n) is 0.953. The maximum Gasteiger partial charge on any atom is 0.266 e. The number of ether oxygens (including phenoxy) is 1. The second-order valence-corrected chi connectivity index (χ2v) is 4.52. The Morgan fingerprint density at radius 2 is 2.53 bits per heavy atom. The van der Waals surface area contributed by atoms with Crippen LogP contribution in [0.4, 0.5) is 5.82 Å². The summed E-state index contributed by atoms with van der Waals surface area (Å²) >= 11 is 7.85. The molecule has 0 aliphatic carbocycles. The van der Waals surface area contributed by atoms with Gasteiger partial charge in [0.25, 0.3) is 5.56 Å². The lowest BCUT2D eigenvalue weighted by molar-refractivity contribution is 0.200. The number of nitrogens with one attached hydrogen (secondary N) is 2. The van der Waals surface area contributed by atoms with Crippen molar-refractivity contribution < 1.29 is 4.74 Å². The van der Waals surface area contributed by atoms with E-state index in [0.29, 0.717) is 22.5 Å². The first-order valence-corrected chi connectivity index (χ1v) is 5.76. The normalized spacial score (nSPS) is 12.5. The van der Waals surface area contributed by atoms with E-state index < -0.39 is 0 Å². The first-order valence-electron chi connectivity index (χ1n) is 4.25. The zero-order valence-electron chi connectivity index (χ0n) is 8.09. The highest BCUT2D eigenvalue weighted by molar-refractivity contribution is 14.1. The Bertz CT molecular complexity index is 371. The molecule has 2 N–H and O–H groups in total. The molecular weight excluding hydrogens is 332 g/mol. The lowest BCUT2D eigenvalue weighted by Gasteiger charge is -2.10. The molecule has 15 heavy (non-hydrogen) atoms. The molecule has 7 heteroatoms. The van der Waals surface area contributed by atoms with Gasteiger partial charge < -0.3 is 15.0 Å². The number of alkyl halides is 1. The lowest BCUT2D eigenvalue weighted by Crippen LogP contribution is -2.22. The summed E-state index contributed by atoms with van der Waals surface area (Å²) in [5, 5.41) is 2.84. The van der Waals surface area contributed by atoms with E-state index in [2.05, 4.69) is 15.3 Å². The minimum absolute atomic E-state index is 0.146. The van der Waals surface area contributed by atoms with Gasteiger partial charge in [-0.05, 0) is 22.6 Å². The number of nitrogens with zero attached hydrogens (tertiary/aromatic N) is 1. The van der Waals surface area contributed by atoms with Gasteiger partial charge in [0, 0.05) is 13.7 Å². The van der Waals surface area contributed by atoms with E-state index in [1.807, 2.05) is 22.6 Å². The molecule has 1 atom stereocenters. The van der Waals surface area contributed by atoms with Crippen LogP contribution in [-0.4, -0.2) is 35.6 Å². The van der Waals surface area contributed by atoms with Crippen LogP contribution < -0.4 is 10.9 Å². The van der Waals surface area contributed by atoms with E-state index in [9.17, 15) is 4.79 Å². The topological polar surface area (TPSA) is 67.0 Å². The molecule has 5 nitrogen and oxygen atoms in total. The minimum Gasteiger partial charge on any atom is -0.383 e. The monoisotopic (exact) mass is 343 g/mol. The first kappa shape index (κ1) is 12.7. The highest BCUT2D eigenvalue weighted by atomic mass is 127. The third-order valence-electron chi connectivity index (χ3n) is 1.64. The van der Waals surface area contributed by atoms with Gasteiger partial charge in [0.15, 0.2) is 0 Å². The van der Waals surface area contributed by atoms with Crippen LogP contribution in [0.25, 0.3) is 0 Å². The van der Waals surface area contributed by atoms with Gasteiger partial charge in [-0.1, -0.05) is 0 Å². The zero-order valence-corrected chi connectivity index (χ0v) is 11.0. The Hall–Kier alpha value is -0.340. The van der Waals surface area contributed by atoms with Crippen LogP contribution in [0, 0.1) is 3.57 Å². The highest BCUT2D eigenvalue weighted by Gasteiger charge is 2.07. The zero-order chi connectivity index (χ0) is 11.3. The molecule has 1 rings (SSSR count). The van der Waals surface area contributed by atoms with Gasteiger partial charge in [-0.3, -0.25) is 4.79 Å². The third kappa shape index (κ3) is 3.96. The number of halogens is 2. The van der Waals surface area contributed by atoms with Crippen molar-refractivity contribution >= 4 is 40.0 Å². The number of aromatic amines is 1. The second-order valence-electron chi connectivity index (χ2n) is 2.83. The van der Waals surface area contributed by atoms with Gasteiger partial charge in [-0.2, -0.15) is 0 Å². The number of hydrogen-bond acceptors (Lipinski definition) is 4. The largest absolute Gasteiger partial charge is 0.383 e. The Morgan fingerprint density at radius 3 is 3.20 bits per heavy atom. The van der Waals surface area contributed by atoms with Gasteiger partial charge in [0.1, 0.15) is 9.39 Å². The molecule has 0 spiro atoms. The number of aromatic nitrogens is 2. The summed E-state index contributed by atoms with van der Waals surface area (Å²) in [5.41, 5.74) is -0.161. The first-order chi connectivity index (χ1) is 7.15. The Labute approximate surface area is 106 Å². The number of H-pyrrole nitrogens is 1. The van der Waals surface area contributed by atoms with E-state index in [4.69, 9.17) is 16.3 Å². The second kappa shape index (κ2) is 6.29. The molecule has 0 aromatic carbocycles. The molecule has 1 aromatic heterocycles. The molecule has 0 bridgehead atoms. The molecule has 1 aromatic rings. The molecule has 0 radical (unpaired) electrons. The quantitative estimate of drug-likeness (QED) is 0.619. The minimum atomic E-state index is -0.161. The van der Waals surface area contributed by atoms with Crippen molar-refractivity contribution in [2.45, 2.75) is 5.38 Å². The fraction of sp³-hybridized carbons (Fsp3) is 0.500. The van der Waals surface area contributed by atoms with Crippen molar-refractivity contribution in [3.63, 3.8) is 0 Å². The van der Waals surface area contributed by atoms with Gasteiger partial charge in [-0.15, -0.1) is 11.6 Å². The van der Waals surface area contributed by atoms with E-state index >= 15 is 0 Å². The SMILES string of the molecule is COCC(Cl)CNc1nc[nH]c(=O)c1I. The summed E-state index contributed by atoms with van der Waals surface area (Å²) in [5.74, 6) is 0.543. The highest BCUT2D eigenvalue weighted by Crippen LogP contribution is 2.09. The van der Waals surface area contributed by atoms with E-state index in [1.165, 1.54) is 6.33 Å². The summed E-state index contributed by atoms with van der Waals surface area (Å²) in [6.07, 6.45) is 1.35. The van der Waals surface area contributed by atoms with Crippen LogP contribution in [-0.2, 0) is 4.74 Å². The average molecular weight is 344 g/mol. The van der Waals surface area contributed by atoms with Gasteiger partial charge in [0.2, 0.25) is 0 Å². The summed E-state index contributed by atoms with van der Waals surface area (Å²) in [6, 6.07) is 0. The van der Waals surface area contributed by atoms with Crippen LogP contribution in [0.2, 0.25) is 0 Å². The number of anilines is 1. The molecule has 0 saturated carbocycles. The van der Waals surface area contributed by atoms with Crippen molar-refractivity contribution in [1.82, 2.24) is 9.97 Å². The summed E-state index contributed by atoms with van der Waals surface area (Å²) < 4.78 is 5.41. The molecule has 0 aliphatic rings. The predicted octanol–water partition coefficient (Wildman–Crippen LogP) is 1.04. The van der Waals surface area contributed by atoms with Crippen molar-refractivity contribution in [3.8, 4) is 0 Å². The molecule has 0 saturated heterocycles. The molecule has 0 fully saturated rings. The van der Waals surface area contributed by atoms with Crippen molar-refractivity contribution in [1.29, 1.82) is 0 Å². The average Bonchev–Trinajstić information content (AvgIpc) is 2.21. The van der Waals surface area contributed by atoms with Crippen molar-refractivity contribution in [2.24, 2.45) is 0 Å². The van der Waals surface area contributed by atoms with E-state index in [1.54, 1.807) is 7.11 Å². The third-order valence-corrected chi connectivity index (χ3v) is 2.92. The van der Waals surface area contributed by atoms with Crippen LogP contribution in [0.3, 0.4) is 0 Å². The standard InChI is InChI=1S/C8H11ClIN3O2/c1-15-3-5(9)2-11-7-6(10)8(14)13-4-12-7/h4-5H,2-3H2,1H3,(H2,11,12,13,14). The maximum absolute atomic E-state index is 11.2. The Balaban J connectivity index is 2.58. The van der Waals surface area contributed by atoms with Crippen LogP contribution in [0.1, 0.15) is 0 Å². The molecule has 0 amide bonds. The van der Waals surface area contributed by atoms with Crippen molar-refractivity contribution in [3.05, 3.63) is 20.3 Å². The number of hydrogen-bond donors (Lipinski definition) is 2. The van der Waals surface area contributed by atoms with Crippen molar-refractivity contribution in [2.75, 3.05) is 25.6 Å². The lowest BCUT2D eigenvalue weighted by atomic mass is 10.4. The summed E-state index contributed by atoms with van der Waals surface area (Å²) in [7, 11) is 1.59. The number of methoxy groups -OCH3 is 1. The molecule has 1 unspecified atom stereocenters. The summed E-state index contributed by atoms with van der Waals surface area (Å²) in [4.78, 5) is 17.7. The van der Waals surface area contributed by atoms with Crippen LogP contribution in [0.5, 0.6) is 0 Å². The summed E-state index contributed by atoms with van der Waals surface area (Å²) in [6.45, 7) is 0.955. The van der Waals surface area contributed by atoms with Gasteiger partial charge >= 0.3 is 0 Å². The molecule has 0 aliphatic heterocycles. The Kier molecular flexibility index (Phi) is 5.34. The van der Waals surface area contributed by atoms with E-state index in [-0.39, 0.29) is 10.9 Å². The van der Waals surface area contributed by atoms with Crippen LogP contribution in [0.15, 0.2) is 11.1 Å². The molecule has 84 valence electrons. The fourth-order valence-corrected chi connectivity index (χ4v) is 1.64. The molecular formula is C8H11ClIN3O2. The number of rotatable bonds is 5. The Morgan fingerprint density at radius 1 is 1.80 bits per heavy atom. The van der Waals surface area contributed by atoms with Crippen LogP contribution >= 0.6 is 34.2 Å². The maximum atomic E-state index is 11.2. The predicted molar refractivity (Wildman–Crippen MR) is 67.6 cm³/mol. The molecule has 1 heterocycles.